The Kier molecular flexibility index (Phi) is 8.34. The van der Waals surface area contributed by atoms with Gasteiger partial charge in [-0.1, -0.05) is 40.0 Å². The third-order valence-electron chi connectivity index (χ3n) is 5.03. The maximum atomic E-state index is 10.0. The quantitative estimate of drug-likeness (QED) is 0.462. The van der Waals surface area contributed by atoms with Crippen LogP contribution in [-0.4, -0.2) is 37.3 Å². The minimum absolute atomic E-state index is 0.0950. The lowest BCUT2D eigenvalue weighted by Gasteiger charge is -2.29. The van der Waals surface area contributed by atoms with Gasteiger partial charge in [0.1, 0.15) is 11.5 Å². The van der Waals surface area contributed by atoms with Crippen molar-refractivity contribution in [2.45, 2.75) is 70.9 Å². The van der Waals surface area contributed by atoms with Crippen molar-refractivity contribution >= 4 is 23.0 Å². The highest BCUT2D eigenvalue weighted by atomic mass is 32.1. The molecule has 0 amide bonds. The number of ether oxygens (including phenoxy) is 3. The molecule has 0 unspecified atom stereocenters. The second-order valence-corrected chi connectivity index (χ2v) is 8.61. The van der Waals surface area contributed by atoms with E-state index in [1.54, 1.807) is 14.2 Å². The first-order chi connectivity index (χ1) is 13.3. The van der Waals surface area contributed by atoms with Crippen LogP contribution in [-0.2, 0) is 16.8 Å². The predicted octanol–water partition coefficient (Wildman–Crippen LogP) is 4.09. The fourth-order valence-electron chi connectivity index (χ4n) is 3.56. The summed E-state index contributed by atoms with van der Waals surface area (Å²) in [5.41, 5.74) is 1.97. The first-order valence-corrected chi connectivity index (χ1v) is 10.3. The van der Waals surface area contributed by atoms with Crippen molar-refractivity contribution in [2.24, 2.45) is 0 Å². The van der Waals surface area contributed by atoms with Crippen molar-refractivity contribution in [1.29, 1.82) is 0 Å². The lowest BCUT2D eigenvalue weighted by molar-refractivity contribution is 0.0502. The molecule has 28 heavy (non-hydrogen) atoms. The molecule has 158 valence electrons. The van der Waals surface area contributed by atoms with Gasteiger partial charge in [0.25, 0.3) is 0 Å². The Morgan fingerprint density at radius 1 is 1.21 bits per heavy atom. The van der Waals surface area contributed by atoms with E-state index in [-0.39, 0.29) is 18.8 Å². The van der Waals surface area contributed by atoms with E-state index in [1.807, 2.05) is 6.07 Å². The third-order valence-corrected chi connectivity index (χ3v) is 5.25. The van der Waals surface area contributed by atoms with E-state index in [1.165, 1.54) is 19.3 Å². The lowest BCUT2D eigenvalue weighted by Crippen LogP contribution is -2.39. The van der Waals surface area contributed by atoms with Gasteiger partial charge in [0.05, 0.1) is 19.4 Å². The fraction of sp³-hybridized carbons (Fsp3) is 0.667. The highest BCUT2D eigenvalue weighted by Gasteiger charge is 2.27. The number of hydrogen-bond acceptors (Lipinski definition) is 5. The van der Waals surface area contributed by atoms with Gasteiger partial charge < -0.3 is 30.0 Å². The second kappa shape index (κ2) is 10.3. The fourth-order valence-corrected chi connectivity index (χ4v) is 3.83. The van der Waals surface area contributed by atoms with Crippen LogP contribution < -0.4 is 20.1 Å². The van der Waals surface area contributed by atoms with Gasteiger partial charge in [-0.15, -0.1) is 0 Å². The molecule has 1 aliphatic carbocycles. The number of thiocarbonyl (C=S) groups is 1. The Labute approximate surface area is 173 Å². The van der Waals surface area contributed by atoms with Crippen molar-refractivity contribution in [1.82, 2.24) is 5.32 Å². The zero-order valence-corrected chi connectivity index (χ0v) is 18.5. The molecule has 0 heterocycles. The van der Waals surface area contributed by atoms with Gasteiger partial charge in [-0.2, -0.15) is 0 Å². The van der Waals surface area contributed by atoms with Crippen LogP contribution in [0, 0.1) is 0 Å². The third kappa shape index (κ3) is 5.72. The molecule has 6 nitrogen and oxygen atoms in total. The van der Waals surface area contributed by atoms with E-state index >= 15 is 0 Å². The Hall–Kier alpha value is -1.57. The summed E-state index contributed by atoms with van der Waals surface area (Å²) in [6, 6.07) is 2.29. The van der Waals surface area contributed by atoms with Crippen LogP contribution in [0.25, 0.3) is 0 Å². The highest BCUT2D eigenvalue weighted by Crippen LogP contribution is 2.44. The van der Waals surface area contributed by atoms with Crippen LogP contribution in [0.5, 0.6) is 11.5 Å². The highest BCUT2D eigenvalue weighted by molar-refractivity contribution is 7.80. The molecule has 3 N–H and O–H groups in total. The normalized spacial score (nSPS) is 15.2. The Morgan fingerprint density at radius 2 is 1.89 bits per heavy atom. The number of anilines is 1. The second-order valence-electron chi connectivity index (χ2n) is 8.20. The maximum Gasteiger partial charge on any atom is 0.188 e. The number of benzene rings is 1. The Morgan fingerprint density at radius 3 is 2.43 bits per heavy atom. The van der Waals surface area contributed by atoms with Gasteiger partial charge in [-0.25, -0.2) is 0 Å². The summed E-state index contributed by atoms with van der Waals surface area (Å²) in [6.45, 7) is 6.19. The lowest BCUT2D eigenvalue weighted by atomic mass is 9.84. The molecule has 1 aromatic carbocycles. The monoisotopic (exact) mass is 410 g/mol. The summed E-state index contributed by atoms with van der Waals surface area (Å²) in [7, 11) is 3.18. The van der Waals surface area contributed by atoms with Gasteiger partial charge in [0, 0.05) is 24.3 Å². The molecule has 2 rings (SSSR count). The van der Waals surface area contributed by atoms with E-state index in [0.717, 1.165) is 18.4 Å². The number of methoxy groups -OCH3 is 2. The molecule has 1 fully saturated rings. The summed E-state index contributed by atoms with van der Waals surface area (Å²) in [6.07, 6.45) is 5.96. The molecular formula is C21H34N2O4S. The van der Waals surface area contributed by atoms with Crippen LogP contribution in [0.2, 0.25) is 0 Å². The SMILES string of the molecule is COCOc1c(C(C)(C)C)cc(OC)c(CO)c1NC(=S)NC1CCCCC1. The number of aliphatic hydroxyl groups is 1. The molecule has 1 aliphatic rings. The minimum Gasteiger partial charge on any atom is -0.496 e. The number of nitrogens with one attached hydrogen (secondary N) is 2. The number of aliphatic hydroxyl groups excluding tert-OH is 1. The van der Waals surface area contributed by atoms with Crippen LogP contribution in [0.3, 0.4) is 0 Å². The first kappa shape index (κ1) is 22.7. The van der Waals surface area contributed by atoms with Crippen molar-refractivity contribution in [3.63, 3.8) is 0 Å². The molecule has 7 heteroatoms. The molecule has 0 atom stereocenters. The largest absolute Gasteiger partial charge is 0.496 e. The average Bonchev–Trinajstić information content (AvgIpc) is 2.66. The van der Waals surface area contributed by atoms with Crippen molar-refractivity contribution in [2.75, 3.05) is 26.3 Å². The van der Waals surface area contributed by atoms with E-state index in [9.17, 15) is 5.11 Å². The standard InChI is InChI=1S/C21H34N2O4S/c1-21(2,3)16-11-17(26-5)15(12-24)18(19(16)27-13-25-4)23-20(28)22-14-9-7-6-8-10-14/h11,14,24H,6-10,12-13H2,1-5H3,(H2,22,23,28). The summed E-state index contributed by atoms with van der Waals surface area (Å²) in [5.74, 6) is 1.21. The molecule has 0 aliphatic heterocycles. The number of hydrogen-bond donors (Lipinski definition) is 3. The molecule has 0 spiro atoms. The zero-order valence-electron chi connectivity index (χ0n) is 17.7. The Balaban J connectivity index is 2.43. The molecule has 0 radical (unpaired) electrons. The van der Waals surface area contributed by atoms with Crippen LogP contribution in [0.1, 0.15) is 64.0 Å². The van der Waals surface area contributed by atoms with Gasteiger partial charge in [0.15, 0.2) is 11.9 Å². The smallest absolute Gasteiger partial charge is 0.188 e. The van der Waals surface area contributed by atoms with E-state index in [2.05, 4.69) is 31.4 Å². The van der Waals surface area contributed by atoms with Crippen molar-refractivity contribution in [3.8, 4) is 11.5 Å². The van der Waals surface area contributed by atoms with Gasteiger partial charge in [-0.05, 0) is 36.5 Å². The van der Waals surface area contributed by atoms with Crippen molar-refractivity contribution < 1.29 is 19.3 Å². The maximum absolute atomic E-state index is 10.0. The topological polar surface area (TPSA) is 72.0 Å². The van der Waals surface area contributed by atoms with Crippen LogP contribution in [0.15, 0.2) is 6.07 Å². The van der Waals surface area contributed by atoms with E-state index < -0.39 is 0 Å². The number of rotatable bonds is 7. The van der Waals surface area contributed by atoms with Gasteiger partial charge in [0.2, 0.25) is 0 Å². The van der Waals surface area contributed by atoms with Gasteiger partial charge in [-0.3, -0.25) is 0 Å². The summed E-state index contributed by atoms with van der Waals surface area (Å²) >= 11 is 5.58. The summed E-state index contributed by atoms with van der Waals surface area (Å²) in [4.78, 5) is 0. The first-order valence-electron chi connectivity index (χ1n) is 9.86. The predicted molar refractivity (Wildman–Crippen MR) is 116 cm³/mol. The van der Waals surface area contributed by atoms with Crippen molar-refractivity contribution in [3.05, 3.63) is 17.2 Å². The minimum atomic E-state index is -0.209. The zero-order chi connectivity index (χ0) is 20.7. The Bertz CT molecular complexity index is 667. The molecule has 1 saturated carbocycles. The van der Waals surface area contributed by atoms with Gasteiger partial charge >= 0.3 is 0 Å². The van der Waals surface area contributed by atoms with Crippen LogP contribution >= 0.6 is 12.2 Å². The molecule has 0 saturated heterocycles. The average molecular weight is 411 g/mol. The summed E-state index contributed by atoms with van der Waals surface area (Å²) in [5, 5.41) is 17.2. The molecule has 0 aromatic heterocycles. The molecule has 0 bridgehead atoms. The molecule has 1 aromatic rings. The van der Waals surface area contributed by atoms with Crippen LogP contribution in [0.4, 0.5) is 5.69 Å². The molecular weight excluding hydrogens is 376 g/mol. The summed E-state index contributed by atoms with van der Waals surface area (Å²) < 4.78 is 16.6. The van der Waals surface area contributed by atoms with E-state index in [0.29, 0.717) is 33.9 Å². The van der Waals surface area contributed by atoms with E-state index in [4.69, 9.17) is 26.4 Å².